The van der Waals surface area contributed by atoms with Gasteiger partial charge in [0.2, 0.25) is 5.91 Å². The van der Waals surface area contributed by atoms with E-state index in [1.54, 1.807) is 17.7 Å². The number of nitrogens with one attached hydrogen (secondary N) is 1. The molecule has 4 heterocycles. The summed E-state index contributed by atoms with van der Waals surface area (Å²) in [5, 5.41) is 4.34. The maximum atomic E-state index is 12.8. The highest BCUT2D eigenvalue weighted by Crippen LogP contribution is 2.32. The van der Waals surface area contributed by atoms with E-state index < -0.39 is 0 Å². The second-order valence-electron chi connectivity index (χ2n) is 8.31. The molecule has 0 bridgehead atoms. The molecular formula is C22H33N5OS. The fourth-order valence-electron chi connectivity index (χ4n) is 4.54. The number of fused-ring (bicyclic) bond motifs is 1. The van der Waals surface area contributed by atoms with Gasteiger partial charge >= 0.3 is 0 Å². The van der Waals surface area contributed by atoms with Crippen LogP contribution in [0.2, 0.25) is 0 Å². The Morgan fingerprint density at radius 1 is 1.17 bits per heavy atom. The van der Waals surface area contributed by atoms with Crippen LogP contribution in [0.1, 0.15) is 50.3 Å². The first-order valence-corrected chi connectivity index (χ1v) is 12.0. The van der Waals surface area contributed by atoms with Crippen LogP contribution in [0.4, 0.5) is 5.82 Å². The summed E-state index contributed by atoms with van der Waals surface area (Å²) in [5.41, 5.74) is 0. The van der Waals surface area contributed by atoms with E-state index in [1.165, 1.54) is 43.6 Å². The molecule has 29 heavy (non-hydrogen) atoms. The van der Waals surface area contributed by atoms with Crippen molar-refractivity contribution in [3.63, 3.8) is 0 Å². The zero-order chi connectivity index (χ0) is 20.1. The van der Waals surface area contributed by atoms with Gasteiger partial charge in [-0.25, -0.2) is 9.97 Å². The van der Waals surface area contributed by atoms with Gasteiger partial charge in [0.15, 0.2) is 0 Å². The van der Waals surface area contributed by atoms with E-state index in [0.29, 0.717) is 0 Å². The van der Waals surface area contributed by atoms with Crippen LogP contribution in [0.15, 0.2) is 12.4 Å². The van der Waals surface area contributed by atoms with Gasteiger partial charge in [0, 0.05) is 31.1 Å². The minimum atomic E-state index is 0.0437. The molecule has 1 atom stereocenters. The fourth-order valence-corrected chi connectivity index (χ4v) is 5.47. The average molecular weight is 416 g/mol. The minimum absolute atomic E-state index is 0.0437. The number of aryl methyl sites for hydroxylation is 1. The molecule has 2 aromatic heterocycles. The van der Waals surface area contributed by atoms with Gasteiger partial charge in [-0.1, -0.05) is 19.8 Å². The molecule has 0 saturated carbocycles. The summed E-state index contributed by atoms with van der Waals surface area (Å²) in [4.78, 5) is 29.0. The van der Waals surface area contributed by atoms with Gasteiger partial charge < -0.3 is 15.1 Å². The van der Waals surface area contributed by atoms with Crippen LogP contribution in [0.3, 0.4) is 0 Å². The number of thiophene rings is 1. The second kappa shape index (κ2) is 9.85. The van der Waals surface area contributed by atoms with Crippen LogP contribution < -0.4 is 10.2 Å². The normalized spacial score (nSPS) is 21.3. The molecule has 0 radical (unpaired) electrons. The Labute approximate surface area is 177 Å². The number of carbonyl (C=O) groups is 1. The van der Waals surface area contributed by atoms with E-state index in [0.717, 1.165) is 61.5 Å². The molecule has 0 aromatic carbocycles. The number of carbonyl (C=O) groups excluding carboxylic acids is 1. The molecule has 0 spiro atoms. The standard InChI is InChI=1S/C22H33N5OS/c1-2-18-14-19-20(24-16-25-22(19)29-18)27-12-7-8-17(15-27)21(28)23-9-13-26-10-5-3-4-6-11-26/h14,16-17H,2-13,15H2,1H3,(H,23,28). The van der Waals surface area contributed by atoms with Crippen molar-refractivity contribution in [3.8, 4) is 0 Å². The lowest BCUT2D eigenvalue weighted by Crippen LogP contribution is -2.45. The molecular weight excluding hydrogens is 382 g/mol. The lowest BCUT2D eigenvalue weighted by Gasteiger charge is -2.33. The predicted molar refractivity (Wildman–Crippen MR) is 120 cm³/mol. The number of hydrogen-bond acceptors (Lipinski definition) is 6. The molecule has 2 aliphatic heterocycles. The highest BCUT2D eigenvalue weighted by atomic mass is 32.1. The number of amides is 1. The van der Waals surface area contributed by atoms with Crippen molar-refractivity contribution < 1.29 is 4.79 Å². The highest BCUT2D eigenvalue weighted by molar-refractivity contribution is 7.18. The summed E-state index contributed by atoms with van der Waals surface area (Å²) >= 11 is 1.75. The van der Waals surface area contributed by atoms with E-state index >= 15 is 0 Å². The lowest BCUT2D eigenvalue weighted by molar-refractivity contribution is -0.125. The maximum Gasteiger partial charge on any atom is 0.224 e. The summed E-state index contributed by atoms with van der Waals surface area (Å²) in [5.74, 6) is 1.24. The smallest absolute Gasteiger partial charge is 0.224 e. The first kappa shape index (κ1) is 20.5. The third-order valence-corrected chi connectivity index (χ3v) is 7.41. The van der Waals surface area contributed by atoms with Crippen molar-refractivity contribution in [3.05, 3.63) is 17.3 Å². The zero-order valence-electron chi connectivity index (χ0n) is 17.5. The summed E-state index contributed by atoms with van der Waals surface area (Å²) in [7, 11) is 0. The number of rotatable bonds is 6. The third kappa shape index (κ3) is 5.07. The quantitative estimate of drug-likeness (QED) is 0.783. The van der Waals surface area contributed by atoms with Crippen LogP contribution in [0.25, 0.3) is 10.2 Å². The van der Waals surface area contributed by atoms with Crippen molar-refractivity contribution in [1.82, 2.24) is 20.2 Å². The monoisotopic (exact) mass is 415 g/mol. The molecule has 2 saturated heterocycles. The van der Waals surface area contributed by atoms with E-state index in [1.807, 2.05) is 0 Å². The largest absolute Gasteiger partial charge is 0.355 e. The van der Waals surface area contributed by atoms with Crippen molar-refractivity contribution in [2.45, 2.75) is 51.9 Å². The SMILES string of the molecule is CCc1cc2c(N3CCCC(C(=O)NCCN4CCCCCC4)C3)ncnc2s1. The summed E-state index contributed by atoms with van der Waals surface area (Å²) < 4.78 is 0. The van der Waals surface area contributed by atoms with Crippen LogP contribution in [-0.2, 0) is 11.2 Å². The Bertz CT molecular complexity index is 815. The predicted octanol–water partition coefficient (Wildman–Crippen LogP) is 3.46. The lowest BCUT2D eigenvalue weighted by atomic mass is 9.97. The van der Waals surface area contributed by atoms with Crippen LogP contribution >= 0.6 is 11.3 Å². The first-order chi connectivity index (χ1) is 14.2. The molecule has 1 N–H and O–H groups in total. The average Bonchev–Trinajstić information content (AvgIpc) is 3.02. The van der Waals surface area contributed by atoms with Crippen molar-refractivity contribution in [1.29, 1.82) is 0 Å². The van der Waals surface area contributed by atoms with Gasteiger partial charge in [-0.05, 0) is 51.3 Å². The summed E-state index contributed by atoms with van der Waals surface area (Å²) in [6.45, 7) is 7.97. The van der Waals surface area contributed by atoms with E-state index in [-0.39, 0.29) is 11.8 Å². The number of piperidine rings is 1. The third-order valence-electron chi connectivity index (χ3n) is 6.23. The number of anilines is 1. The van der Waals surface area contributed by atoms with Crippen molar-refractivity contribution in [2.75, 3.05) is 44.2 Å². The second-order valence-corrected chi connectivity index (χ2v) is 9.43. The van der Waals surface area contributed by atoms with Gasteiger partial charge in [-0.3, -0.25) is 4.79 Å². The molecule has 0 aliphatic carbocycles. The molecule has 4 rings (SSSR count). The molecule has 158 valence electrons. The molecule has 2 aromatic rings. The minimum Gasteiger partial charge on any atom is -0.355 e. The first-order valence-electron chi connectivity index (χ1n) is 11.2. The molecule has 2 aliphatic rings. The van der Waals surface area contributed by atoms with Crippen LogP contribution in [0.5, 0.6) is 0 Å². The number of nitrogens with zero attached hydrogens (tertiary/aromatic N) is 4. The molecule has 2 fully saturated rings. The Balaban J connectivity index is 1.34. The Morgan fingerprint density at radius 2 is 2.00 bits per heavy atom. The van der Waals surface area contributed by atoms with Crippen molar-refractivity contribution in [2.24, 2.45) is 5.92 Å². The van der Waals surface area contributed by atoms with Crippen LogP contribution in [0, 0.1) is 5.92 Å². The summed E-state index contributed by atoms with van der Waals surface area (Å²) in [6, 6.07) is 2.22. The fraction of sp³-hybridized carbons (Fsp3) is 0.682. The maximum absolute atomic E-state index is 12.8. The molecule has 6 nitrogen and oxygen atoms in total. The van der Waals surface area contributed by atoms with Gasteiger partial charge in [0.05, 0.1) is 11.3 Å². The topological polar surface area (TPSA) is 61.4 Å². The number of aromatic nitrogens is 2. The van der Waals surface area contributed by atoms with Gasteiger partial charge in [-0.15, -0.1) is 11.3 Å². The Kier molecular flexibility index (Phi) is 6.98. The molecule has 1 amide bonds. The number of likely N-dealkylation sites (tertiary alicyclic amines) is 1. The summed E-state index contributed by atoms with van der Waals surface area (Å²) in [6.07, 6.45) is 9.95. The van der Waals surface area contributed by atoms with Gasteiger partial charge in [0.25, 0.3) is 0 Å². The molecule has 7 heteroatoms. The van der Waals surface area contributed by atoms with E-state index in [4.69, 9.17) is 0 Å². The van der Waals surface area contributed by atoms with Gasteiger partial charge in [0.1, 0.15) is 17.0 Å². The van der Waals surface area contributed by atoms with E-state index in [9.17, 15) is 4.79 Å². The Hall–Kier alpha value is -1.73. The zero-order valence-corrected chi connectivity index (χ0v) is 18.3. The number of hydrogen-bond donors (Lipinski definition) is 1. The highest BCUT2D eigenvalue weighted by Gasteiger charge is 2.27. The van der Waals surface area contributed by atoms with Crippen LogP contribution in [-0.4, -0.2) is 60.0 Å². The van der Waals surface area contributed by atoms with Crippen molar-refractivity contribution >= 4 is 33.3 Å². The molecule has 1 unspecified atom stereocenters. The van der Waals surface area contributed by atoms with Gasteiger partial charge in [-0.2, -0.15) is 0 Å². The van der Waals surface area contributed by atoms with E-state index in [2.05, 4.69) is 38.1 Å². The Morgan fingerprint density at radius 3 is 2.79 bits per heavy atom.